The number of halogens is 2. The van der Waals surface area contributed by atoms with Gasteiger partial charge in [-0.3, -0.25) is 0 Å². The fourth-order valence-electron chi connectivity index (χ4n) is 2.44. The number of hydrogen-bond donors (Lipinski definition) is 0. The molecule has 1 aliphatic heterocycles. The van der Waals surface area contributed by atoms with Crippen LogP contribution in [0.2, 0.25) is 5.02 Å². The highest BCUT2D eigenvalue weighted by molar-refractivity contribution is 6.31. The molecule has 0 radical (unpaired) electrons. The average molecular weight is 285 g/mol. The highest BCUT2D eigenvalue weighted by Crippen LogP contribution is 2.24. The quantitative estimate of drug-likeness (QED) is 0.805. The Labute approximate surface area is 116 Å². The highest BCUT2D eigenvalue weighted by atomic mass is 35.5. The minimum atomic E-state index is 0.267. The second-order valence-electron chi connectivity index (χ2n) is 4.54. The third-order valence-electron chi connectivity index (χ3n) is 3.32. The van der Waals surface area contributed by atoms with Crippen molar-refractivity contribution < 1.29 is 4.74 Å². The van der Waals surface area contributed by atoms with Crippen LogP contribution in [0.25, 0.3) is 11.0 Å². The van der Waals surface area contributed by atoms with Crippen LogP contribution in [-0.4, -0.2) is 22.3 Å². The second kappa shape index (κ2) is 5.08. The van der Waals surface area contributed by atoms with Crippen molar-refractivity contribution in [3.63, 3.8) is 0 Å². The van der Waals surface area contributed by atoms with Gasteiger partial charge in [0, 0.05) is 11.6 Å². The number of nitrogens with zero attached hydrogens (tertiary/aromatic N) is 2. The summed E-state index contributed by atoms with van der Waals surface area (Å²) in [7, 11) is 0. The molecule has 18 heavy (non-hydrogen) atoms. The molecule has 2 aromatic rings. The van der Waals surface area contributed by atoms with E-state index in [9.17, 15) is 0 Å². The maximum absolute atomic E-state index is 6.05. The molecule has 1 aliphatic rings. The predicted octanol–water partition coefficient (Wildman–Crippen LogP) is 3.61. The van der Waals surface area contributed by atoms with Crippen molar-refractivity contribution in [2.75, 3.05) is 6.61 Å². The number of alkyl halides is 1. The van der Waals surface area contributed by atoms with E-state index in [4.69, 9.17) is 27.9 Å². The first kappa shape index (κ1) is 12.3. The number of imidazole rings is 1. The Morgan fingerprint density at radius 2 is 2.33 bits per heavy atom. The Balaban J connectivity index is 2.03. The number of rotatable bonds is 3. The monoisotopic (exact) mass is 284 g/mol. The van der Waals surface area contributed by atoms with Crippen LogP contribution in [0.15, 0.2) is 18.2 Å². The van der Waals surface area contributed by atoms with E-state index >= 15 is 0 Å². The molecule has 1 aromatic carbocycles. The van der Waals surface area contributed by atoms with Gasteiger partial charge in [0.2, 0.25) is 0 Å². The van der Waals surface area contributed by atoms with Gasteiger partial charge in [-0.25, -0.2) is 4.98 Å². The van der Waals surface area contributed by atoms with E-state index < -0.39 is 0 Å². The molecule has 0 saturated carbocycles. The Morgan fingerprint density at radius 3 is 3.06 bits per heavy atom. The Bertz CT molecular complexity index is 561. The van der Waals surface area contributed by atoms with Crippen molar-refractivity contribution >= 4 is 34.2 Å². The molecule has 1 saturated heterocycles. The normalized spacial score (nSPS) is 19.8. The van der Waals surface area contributed by atoms with Gasteiger partial charge in [-0.1, -0.05) is 11.6 Å². The molecule has 0 bridgehead atoms. The summed E-state index contributed by atoms with van der Waals surface area (Å²) in [5.74, 6) is 1.28. The minimum Gasteiger partial charge on any atom is -0.376 e. The Kier molecular flexibility index (Phi) is 3.46. The lowest BCUT2D eigenvalue weighted by molar-refractivity contribution is 0.0974. The molecule has 0 amide bonds. The van der Waals surface area contributed by atoms with Crippen molar-refractivity contribution in [2.45, 2.75) is 31.4 Å². The van der Waals surface area contributed by atoms with Gasteiger partial charge in [-0.15, -0.1) is 11.6 Å². The molecule has 0 aliphatic carbocycles. The molecule has 96 valence electrons. The highest BCUT2D eigenvalue weighted by Gasteiger charge is 2.19. The van der Waals surface area contributed by atoms with Crippen molar-refractivity contribution in [3.05, 3.63) is 29.0 Å². The average Bonchev–Trinajstić information content (AvgIpc) is 2.98. The first-order valence-corrected chi connectivity index (χ1v) is 7.01. The molecule has 3 rings (SSSR count). The van der Waals surface area contributed by atoms with Gasteiger partial charge in [0.05, 0.1) is 29.6 Å². The van der Waals surface area contributed by atoms with E-state index in [2.05, 4.69) is 9.55 Å². The van der Waals surface area contributed by atoms with Crippen molar-refractivity contribution in [2.24, 2.45) is 0 Å². The smallest absolute Gasteiger partial charge is 0.124 e. The summed E-state index contributed by atoms with van der Waals surface area (Å²) in [4.78, 5) is 4.53. The molecule has 2 heterocycles. The van der Waals surface area contributed by atoms with E-state index in [0.29, 0.717) is 5.88 Å². The topological polar surface area (TPSA) is 27.1 Å². The maximum Gasteiger partial charge on any atom is 0.124 e. The lowest BCUT2D eigenvalue weighted by Gasteiger charge is -2.13. The number of benzene rings is 1. The maximum atomic E-state index is 6.05. The van der Waals surface area contributed by atoms with E-state index in [-0.39, 0.29) is 6.10 Å². The van der Waals surface area contributed by atoms with Crippen LogP contribution in [0.1, 0.15) is 18.7 Å². The fraction of sp³-hybridized carbons (Fsp3) is 0.462. The summed E-state index contributed by atoms with van der Waals surface area (Å²) in [6.45, 7) is 1.66. The molecule has 1 unspecified atom stereocenters. The van der Waals surface area contributed by atoms with Crippen LogP contribution in [0.5, 0.6) is 0 Å². The second-order valence-corrected chi connectivity index (χ2v) is 5.24. The third kappa shape index (κ3) is 2.22. The zero-order valence-electron chi connectivity index (χ0n) is 9.90. The molecule has 1 aromatic heterocycles. The summed E-state index contributed by atoms with van der Waals surface area (Å²) < 4.78 is 7.81. The van der Waals surface area contributed by atoms with Crippen molar-refractivity contribution in [1.29, 1.82) is 0 Å². The number of aromatic nitrogens is 2. The van der Waals surface area contributed by atoms with E-state index in [1.54, 1.807) is 0 Å². The molecular formula is C13H14Cl2N2O. The van der Waals surface area contributed by atoms with E-state index in [1.807, 2.05) is 18.2 Å². The van der Waals surface area contributed by atoms with Crippen LogP contribution in [-0.2, 0) is 17.2 Å². The van der Waals surface area contributed by atoms with Crippen LogP contribution >= 0.6 is 23.2 Å². The first-order valence-electron chi connectivity index (χ1n) is 6.10. The van der Waals surface area contributed by atoms with Gasteiger partial charge in [0.1, 0.15) is 5.82 Å². The summed E-state index contributed by atoms with van der Waals surface area (Å²) >= 11 is 12.0. The standard InChI is InChI=1S/C13H14Cl2N2O/c14-7-13-16-11-4-3-9(15)6-12(11)17(13)8-10-2-1-5-18-10/h3-4,6,10H,1-2,5,7-8H2. The zero-order chi connectivity index (χ0) is 12.5. The molecule has 1 fully saturated rings. The predicted molar refractivity (Wildman–Crippen MR) is 73.3 cm³/mol. The van der Waals surface area contributed by atoms with Crippen LogP contribution in [0.3, 0.4) is 0 Å². The van der Waals surface area contributed by atoms with Crippen molar-refractivity contribution in [1.82, 2.24) is 9.55 Å². The number of ether oxygens (including phenoxy) is 1. The number of fused-ring (bicyclic) bond motifs is 1. The van der Waals surface area contributed by atoms with E-state index in [0.717, 1.165) is 47.9 Å². The molecule has 0 spiro atoms. The largest absolute Gasteiger partial charge is 0.376 e. The Hall–Kier alpha value is -0.770. The summed E-state index contributed by atoms with van der Waals surface area (Å²) in [6.07, 6.45) is 2.50. The lowest BCUT2D eigenvalue weighted by Crippen LogP contribution is -2.16. The summed E-state index contributed by atoms with van der Waals surface area (Å²) in [5, 5.41) is 0.720. The van der Waals surface area contributed by atoms with E-state index in [1.165, 1.54) is 0 Å². The van der Waals surface area contributed by atoms with Crippen molar-refractivity contribution in [3.8, 4) is 0 Å². The fourth-order valence-corrected chi connectivity index (χ4v) is 2.81. The van der Waals surface area contributed by atoms with Gasteiger partial charge in [0.25, 0.3) is 0 Å². The lowest BCUT2D eigenvalue weighted by atomic mass is 10.2. The third-order valence-corrected chi connectivity index (χ3v) is 3.79. The van der Waals surface area contributed by atoms with Gasteiger partial charge in [0.15, 0.2) is 0 Å². The summed E-state index contributed by atoms with van der Waals surface area (Å²) in [5.41, 5.74) is 1.97. The Morgan fingerprint density at radius 1 is 1.44 bits per heavy atom. The van der Waals surface area contributed by atoms with Crippen LogP contribution in [0, 0.1) is 0 Å². The molecule has 0 N–H and O–H groups in total. The van der Waals surface area contributed by atoms with Crippen LogP contribution < -0.4 is 0 Å². The SMILES string of the molecule is ClCc1nc2ccc(Cl)cc2n1CC1CCCO1. The zero-order valence-corrected chi connectivity index (χ0v) is 11.4. The molecule has 3 nitrogen and oxygen atoms in total. The van der Waals surface area contributed by atoms with Gasteiger partial charge >= 0.3 is 0 Å². The number of hydrogen-bond acceptors (Lipinski definition) is 2. The molecule has 5 heteroatoms. The van der Waals surface area contributed by atoms with Gasteiger partial charge in [-0.05, 0) is 31.0 Å². The summed E-state index contributed by atoms with van der Waals surface area (Å²) in [6, 6.07) is 5.72. The van der Waals surface area contributed by atoms with Gasteiger partial charge in [-0.2, -0.15) is 0 Å². The molecule has 1 atom stereocenters. The first-order chi connectivity index (χ1) is 8.78. The van der Waals surface area contributed by atoms with Gasteiger partial charge < -0.3 is 9.30 Å². The van der Waals surface area contributed by atoms with Crippen LogP contribution in [0.4, 0.5) is 0 Å². The minimum absolute atomic E-state index is 0.267. The molecular weight excluding hydrogens is 271 g/mol.